The summed E-state index contributed by atoms with van der Waals surface area (Å²) in [6, 6.07) is 7.63. The maximum atomic E-state index is 13.6. The van der Waals surface area contributed by atoms with E-state index >= 15 is 0 Å². The second-order valence-corrected chi connectivity index (χ2v) is 5.56. The molecule has 0 aliphatic heterocycles. The molecule has 0 aromatic heterocycles. The zero-order valence-electron chi connectivity index (χ0n) is 9.59. The summed E-state index contributed by atoms with van der Waals surface area (Å²) in [5.41, 5.74) is 6.57. The van der Waals surface area contributed by atoms with E-state index in [0.29, 0.717) is 31.5 Å². The summed E-state index contributed by atoms with van der Waals surface area (Å²) in [6.45, 7) is 0.0490. The van der Waals surface area contributed by atoms with E-state index in [1.54, 1.807) is 24.3 Å². The maximum Gasteiger partial charge on any atom is 0.156 e. The molecule has 0 radical (unpaired) electrons. The van der Waals surface area contributed by atoms with Crippen LogP contribution in [0.4, 0.5) is 10.1 Å². The third-order valence-electron chi connectivity index (χ3n) is 2.42. The third-order valence-corrected chi connectivity index (χ3v) is 3.47. The molecular formula is C13H9BrCl2FNO. The molecule has 0 saturated heterocycles. The summed E-state index contributed by atoms with van der Waals surface area (Å²) < 4.78 is 19.7. The van der Waals surface area contributed by atoms with Gasteiger partial charge in [0.2, 0.25) is 0 Å². The quantitative estimate of drug-likeness (QED) is 0.773. The Labute approximate surface area is 128 Å². The van der Waals surface area contributed by atoms with Crippen LogP contribution in [0.15, 0.2) is 34.8 Å². The molecule has 6 heteroatoms. The monoisotopic (exact) mass is 363 g/mol. The van der Waals surface area contributed by atoms with E-state index in [2.05, 4.69) is 15.9 Å². The molecule has 0 aliphatic carbocycles. The van der Waals surface area contributed by atoms with Crippen LogP contribution < -0.4 is 10.5 Å². The molecule has 100 valence electrons. The van der Waals surface area contributed by atoms with Gasteiger partial charge in [-0.3, -0.25) is 0 Å². The molecule has 0 bridgehead atoms. The highest BCUT2D eigenvalue weighted by Gasteiger charge is 2.10. The van der Waals surface area contributed by atoms with Gasteiger partial charge in [0.05, 0.1) is 10.2 Å². The maximum absolute atomic E-state index is 13.6. The van der Waals surface area contributed by atoms with Crippen molar-refractivity contribution < 1.29 is 9.13 Å². The molecule has 0 aliphatic rings. The highest BCUT2D eigenvalue weighted by atomic mass is 79.9. The van der Waals surface area contributed by atoms with E-state index in [4.69, 9.17) is 33.7 Å². The summed E-state index contributed by atoms with van der Waals surface area (Å²) in [5.74, 6) is 0.00917. The summed E-state index contributed by atoms with van der Waals surface area (Å²) >= 11 is 14.8. The van der Waals surface area contributed by atoms with Crippen molar-refractivity contribution in [2.75, 3.05) is 5.73 Å². The largest absolute Gasteiger partial charge is 0.485 e. The number of nitrogen functional groups attached to an aromatic ring is 1. The molecule has 0 amide bonds. The second-order valence-electron chi connectivity index (χ2n) is 3.83. The van der Waals surface area contributed by atoms with Crippen molar-refractivity contribution in [3.05, 3.63) is 56.2 Å². The van der Waals surface area contributed by atoms with E-state index in [1.165, 1.54) is 6.07 Å². The molecular weight excluding hydrogens is 356 g/mol. The van der Waals surface area contributed by atoms with Crippen molar-refractivity contribution in [1.29, 1.82) is 0 Å². The number of rotatable bonds is 3. The fourth-order valence-corrected chi connectivity index (χ4v) is 2.63. The SMILES string of the molecule is Nc1cc(Cl)cc(Br)c1OCc1ccc(Cl)cc1F. The highest BCUT2D eigenvalue weighted by Crippen LogP contribution is 2.35. The third kappa shape index (κ3) is 3.53. The minimum atomic E-state index is -0.420. The average Bonchev–Trinajstić information content (AvgIpc) is 2.30. The topological polar surface area (TPSA) is 35.2 Å². The first-order valence-corrected chi connectivity index (χ1v) is 6.83. The number of anilines is 1. The Morgan fingerprint density at radius 1 is 1.16 bits per heavy atom. The summed E-state index contributed by atoms with van der Waals surface area (Å²) in [5, 5.41) is 0.836. The zero-order chi connectivity index (χ0) is 14.0. The lowest BCUT2D eigenvalue weighted by Crippen LogP contribution is -2.01. The molecule has 2 aromatic carbocycles. The Hall–Kier alpha value is -0.970. The van der Waals surface area contributed by atoms with Gasteiger partial charge in [-0.2, -0.15) is 0 Å². The molecule has 19 heavy (non-hydrogen) atoms. The van der Waals surface area contributed by atoms with Crippen LogP contribution in [0.3, 0.4) is 0 Å². The van der Waals surface area contributed by atoms with Crippen LogP contribution in [-0.2, 0) is 6.61 Å². The predicted molar refractivity (Wildman–Crippen MR) is 79.3 cm³/mol. The van der Waals surface area contributed by atoms with Crippen molar-refractivity contribution >= 4 is 44.8 Å². The van der Waals surface area contributed by atoms with Gasteiger partial charge in [-0.1, -0.05) is 29.3 Å². The van der Waals surface area contributed by atoms with Gasteiger partial charge in [0, 0.05) is 15.6 Å². The molecule has 0 atom stereocenters. The molecule has 2 aromatic rings. The number of ether oxygens (including phenoxy) is 1. The molecule has 0 saturated carbocycles. The molecule has 2 rings (SSSR count). The first kappa shape index (κ1) is 14.4. The van der Waals surface area contributed by atoms with Gasteiger partial charge in [0.1, 0.15) is 12.4 Å². The van der Waals surface area contributed by atoms with Crippen LogP contribution in [0.1, 0.15) is 5.56 Å². The van der Waals surface area contributed by atoms with Gasteiger partial charge < -0.3 is 10.5 Å². The standard InChI is InChI=1S/C13H9BrCl2FNO/c14-10-3-9(16)5-12(18)13(10)19-6-7-1-2-8(15)4-11(7)17/h1-5H,6,18H2. The summed E-state index contributed by atoms with van der Waals surface area (Å²) in [4.78, 5) is 0. The normalized spacial score (nSPS) is 10.5. The average molecular weight is 365 g/mol. The minimum absolute atomic E-state index is 0.0490. The summed E-state index contributed by atoms with van der Waals surface area (Å²) in [6.07, 6.45) is 0. The Morgan fingerprint density at radius 2 is 1.89 bits per heavy atom. The van der Waals surface area contributed by atoms with Gasteiger partial charge in [-0.05, 0) is 40.2 Å². The molecule has 2 nitrogen and oxygen atoms in total. The van der Waals surface area contributed by atoms with Crippen LogP contribution in [-0.4, -0.2) is 0 Å². The molecule has 2 N–H and O–H groups in total. The van der Waals surface area contributed by atoms with Gasteiger partial charge in [-0.25, -0.2) is 4.39 Å². The lowest BCUT2D eigenvalue weighted by Gasteiger charge is -2.12. The number of halogens is 4. The fourth-order valence-electron chi connectivity index (χ4n) is 1.52. The molecule has 0 fully saturated rings. The van der Waals surface area contributed by atoms with Gasteiger partial charge in [0.25, 0.3) is 0 Å². The molecule has 0 spiro atoms. The van der Waals surface area contributed by atoms with E-state index in [0.717, 1.165) is 0 Å². The van der Waals surface area contributed by atoms with Gasteiger partial charge in [0.15, 0.2) is 5.75 Å². The number of nitrogens with two attached hydrogens (primary N) is 1. The van der Waals surface area contributed by atoms with Crippen LogP contribution >= 0.6 is 39.1 Å². The zero-order valence-corrected chi connectivity index (χ0v) is 12.7. The fraction of sp³-hybridized carbons (Fsp3) is 0.0769. The van der Waals surface area contributed by atoms with Crippen LogP contribution in [0.25, 0.3) is 0 Å². The number of benzene rings is 2. The lowest BCUT2D eigenvalue weighted by molar-refractivity contribution is 0.299. The second kappa shape index (κ2) is 5.99. The van der Waals surface area contributed by atoms with Gasteiger partial charge in [-0.15, -0.1) is 0 Å². The smallest absolute Gasteiger partial charge is 0.156 e. The first-order valence-electron chi connectivity index (χ1n) is 5.28. The predicted octanol–water partition coefficient (Wildman–Crippen LogP) is 5.06. The van der Waals surface area contributed by atoms with E-state index in [9.17, 15) is 4.39 Å². The Kier molecular flexibility index (Phi) is 4.55. The highest BCUT2D eigenvalue weighted by molar-refractivity contribution is 9.10. The number of hydrogen-bond acceptors (Lipinski definition) is 2. The van der Waals surface area contributed by atoms with Crippen molar-refractivity contribution in [2.24, 2.45) is 0 Å². The lowest BCUT2D eigenvalue weighted by atomic mass is 10.2. The van der Waals surface area contributed by atoms with Crippen molar-refractivity contribution in [3.63, 3.8) is 0 Å². The Bertz CT molecular complexity index is 599. The van der Waals surface area contributed by atoms with Crippen molar-refractivity contribution in [2.45, 2.75) is 6.61 Å². The van der Waals surface area contributed by atoms with E-state index in [-0.39, 0.29) is 6.61 Å². The summed E-state index contributed by atoms with van der Waals surface area (Å²) in [7, 11) is 0. The number of hydrogen-bond donors (Lipinski definition) is 1. The molecule has 0 unspecified atom stereocenters. The van der Waals surface area contributed by atoms with Crippen LogP contribution in [0, 0.1) is 5.82 Å². The van der Waals surface area contributed by atoms with Gasteiger partial charge >= 0.3 is 0 Å². The van der Waals surface area contributed by atoms with Crippen molar-refractivity contribution in [1.82, 2.24) is 0 Å². The molecule has 0 heterocycles. The minimum Gasteiger partial charge on any atom is -0.485 e. The van der Waals surface area contributed by atoms with E-state index in [1.807, 2.05) is 0 Å². The Balaban J connectivity index is 2.19. The van der Waals surface area contributed by atoms with Crippen molar-refractivity contribution in [3.8, 4) is 5.75 Å². The first-order chi connectivity index (χ1) is 8.97. The Morgan fingerprint density at radius 3 is 2.53 bits per heavy atom. The van der Waals surface area contributed by atoms with Crippen LogP contribution in [0.2, 0.25) is 10.0 Å². The van der Waals surface area contributed by atoms with E-state index < -0.39 is 5.82 Å². The van der Waals surface area contributed by atoms with Crippen LogP contribution in [0.5, 0.6) is 5.75 Å².